The molecule has 0 saturated carbocycles. The third-order valence-electron chi connectivity index (χ3n) is 3.59. The van der Waals surface area contributed by atoms with E-state index in [9.17, 15) is 18.4 Å². The number of hydrogen-bond donors (Lipinski definition) is 2. The first-order chi connectivity index (χ1) is 11.3. The Hall–Kier alpha value is -2.57. The number of amides is 1. The number of nitrogens with zero attached hydrogens (tertiary/aromatic N) is 1. The Kier molecular flexibility index (Phi) is 5.43. The molecule has 0 saturated heterocycles. The van der Waals surface area contributed by atoms with Gasteiger partial charge in [-0.05, 0) is 18.1 Å². The van der Waals surface area contributed by atoms with E-state index in [4.69, 9.17) is 5.11 Å². The number of hydrogen-bond acceptors (Lipinski definition) is 3. The first-order valence-electron chi connectivity index (χ1n) is 7.51. The van der Waals surface area contributed by atoms with Gasteiger partial charge in [0, 0.05) is 17.5 Å². The summed E-state index contributed by atoms with van der Waals surface area (Å²) in [6, 6.07) is 6.85. The number of alkyl halides is 2. The monoisotopic (exact) mass is 336 g/mol. The maximum Gasteiger partial charge on any atom is 0.326 e. The van der Waals surface area contributed by atoms with Gasteiger partial charge in [-0.3, -0.25) is 9.78 Å². The first kappa shape index (κ1) is 17.8. The summed E-state index contributed by atoms with van der Waals surface area (Å²) in [4.78, 5) is 28.0. The maximum atomic E-state index is 12.5. The zero-order chi connectivity index (χ0) is 17.9. The lowest BCUT2D eigenvalue weighted by molar-refractivity contribution is -0.140. The van der Waals surface area contributed by atoms with Crippen molar-refractivity contribution in [3.63, 3.8) is 0 Å². The molecular formula is C17H18F2N2O3. The van der Waals surface area contributed by atoms with Gasteiger partial charge in [0.25, 0.3) is 5.91 Å². The van der Waals surface area contributed by atoms with Crippen LogP contribution in [-0.2, 0) is 4.79 Å². The lowest BCUT2D eigenvalue weighted by atomic mass is 10.0. The van der Waals surface area contributed by atoms with Crippen molar-refractivity contribution < 1.29 is 23.5 Å². The Balaban J connectivity index is 2.42. The zero-order valence-corrected chi connectivity index (χ0v) is 13.3. The molecule has 1 unspecified atom stereocenters. The number of benzene rings is 1. The average Bonchev–Trinajstić information content (AvgIpc) is 2.52. The standard InChI is InChI=1S/C17H18F2N2O3/c1-9(2)13-7-11(10-5-3-4-6-12(10)20-13)16(22)21-14(17(23)24)8-15(18)19/h3-7,9,14-15H,8H2,1-2H3,(H,21,22)(H,23,24). The van der Waals surface area contributed by atoms with E-state index in [-0.39, 0.29) is 11.5 Å². The zero-order valence-electron chi connectivity index (χ0n) is 13.3. The second-order valence-corrected chi connectivity index (χ2v) is 5.76. The SMILES string of the molecule is CC(C)c1cc(C(=O)NC(CC(F)F)C(=O)O)c2ccccc2n1. The summed E-state index contributed by atoms with van der Waals surface area (Å²) in [5.41, 5.74) is 1.49. The van der Waals surface area contributed by atoms with Gasteiger partial charge in [0.1, 0.15) is 6.04 Å². The second-order valence-electron chi connectivity index (χ2n) is 5.76. The molecule has 2 aromatic rings. The number of carboxylic acid groups (broad SMARTS) is 1. The number of carbonyl (C=O) groups is 2. The summed E-state index contributed by atoms with van der Waals surface area (Å²) in [6.07, 6.45) is -3.77. The minimum atomic E-state index is -2.83. The molecule has 2 N–H and O–H groups in total. The quantitative estimate of drug-likeness (QED) is 0.849. The molecule has 1 amide bonds. The molecule has 0 aliphatic heterocycles. The fourth-order valence-electron chi connectivity index (χ4n) is 2.32. The molecule has 1 aromatic carbocycles. The van der Waals surface area contributed by atoms with Gasteiger partial charge in [-0.1, -0.05) is 32.0 Å². The summed E-state index contributed by atoms with van der Waals surface area (Å²) in [5.74, 6) is -2.15. The van der Waals surface area contributed by atoms with Crippen LogP contribution in [0.5, 0.6) is 0 Å². The molecule has 0 spiro atoms. The molecule has 0 aliphatic carbocycles. The van der Waals surface area contributed by atoms with Gasteiger partial charge in [-0.15, -0.1) is 0 Å². The van der Waals surface area contributed by atoms with Crippen LogP contribution in [-0.4, -0.2) is 34.4 Å². The number of carbonyl (C=O) groups excluding carboxylic acids is 1. The van der Waals surface area contributed by atoms with Crippen molar-refractivity contribution in [1.82, 2.24) is 10.3 Å². The van der Waals surface area contributed by atoms with Crippen LogP contribution in [0.2, 0.25) is 0 Å². The van der Waals surface area contributed by atoms with Gasteiger partial charge in [0.05, 0.1) is 11.1 Å². The van der Waals surface area contributed by atoms with Crippen LogP contribution in [0.4, 0.5) is 8.78 Å². The van der Waals surface area contributed by atoms with Crippen molar-refractivity contribution in [3.8, 4) is 0 Å². The minimum absolute atomic E-state index is 0.0532. The van der Waals surface area contributed by atoms with E-state index in [0.717, 1.165) is 0 Å². The molecule has 0 aliphatic rings. The fourth-order valence-corrected chi connectivity index (χ4v) is 2.32. The number of rotatable bonds is 6. The molecule has 0 radical (unpaired) electrons. The third kappa shape index (κ3) is 4.04. The van der Waals surface area contributed by atoms with Gasteiger partial charge >= 0.3 is 5.97 Å². The average molecular weight is 336 g/mol. The first-order valence-corrected chi connectivity index (χ1v) is 7.51. The number of aromatic nitrogens is 1. The van der Waals surface area contributed by atoms with E-state index in [1.165, 1.54) is 0 Å². The largest absolute Gasteiger partial charge is 0.480 e. The Morgan fingerprint density at radius 2 is 1.92 bits per heavy atom. The van der Waals surface area contributed by atoms with E-state index >= 15 is 0 Å². The number of aliphatic carboxylic acids is 1. The van der Waals surface area contributed by atoms with Gasteiger partial charge in [0.2, 0.25) is 6.43 Å². The molecule has 1 aromatic heterocycles. The molecule has 1 atom stereocenters. The lowest BCUT2D eigenvalue weighted by Gasteiger charge is -2.16. The summed E-state index contributed by atoms with van der Waals surface area (Å²) in [7, 11) is 0. The van der Waals surface area contributed by atoms with Crippen LogP contribution >= 0.6 is 0 Å². The highest BCUT2D eigenvalue weighted by atomic mass is 19.3. The van der Waals surface area contributed by atoms with Crippen molar-refractivity contribution in [1.29, 1.82) is 0 Å². The Morgan fingerprint density at radius 1 is 1.25 bits per heavy atom. The van der Waals surface area contributed by atoms with Crippen LogP contribution in [0.25, 0.3) is 10.9 Å². The molecule has 1 heterocycles. The predicted octanol–water partition coefficient (Wildman–Crippen LogP) is 3.20. The van der Waals surface area contributed by atoms with E-state index in [1.54, 1.807) is 30.3 Å². The molecule has 5 nitrogen and oxygen atoms in total. The van der Waals surface area contributed by atoms with Crippen LogP contribution < -0.4 is 5.32 Å². The fraction of sp³-hybridized carbons (Fsp3) is 0.353. The van der Waals surface area contributed by atoms with Crippen molar-refractivity contribution in [2.45, 2.75) is 38.7 Å². The number of para-hydroxylation sites is 1. The van der Waals surface area contributed by atoms with E-state index in [1.807, 2.05) is 13.8 Å². The van der Waals surface area contributed by atoms with Crippen molar-refractivity contribution in [2.75, 3.05) is 0 Å². The lowest BCUT2D eigenvalue weighted by Crippen LogP contribution is -2.42. The highest BCUT2D eigenvalue weighted by Crippen LogP contribution is 2.22. The summed E-state index contributed by atoms with van der Waals surface area (Å²) in [5, 5.41) is 11.7. The van der Waals surface area contributed by atoms with Gasteiger partial charge in [-0.2, -0.15) is 0 Å². The van der Waals surface area contributed by atoms with E-state index < -0.39 is 30.8 Å². The molecular weight excluding hydrogens is 318 g/mol. The van der Waals surface area contributed by atoms with Crippen molar-refractivity contribution >= 4 is 22.8 Å². The molecule has 2 rings (SSSR count). The second kappa shape index (κ2) is 7.33. The van der Waals surface area contributed by atoms with Gasteiger partial charge < -0.3 is 10.4 Å². The predicted molar refractivity (Wildman–Crippen MR) is 85.3 cm³/mol. The molecule has 24 heavy (non-hydrogen) atoms. The number of nitrogens with one attached hydrogen (secondary N) is 1. The Bertz CT molecular complexity index is 763. The Labute approximate surface area is 137 Å². The molecule has 0 bridgehead atoms. The molecule has 0 fully saturated rings. The normalized spacial score (nSPS) is 12.6. The molecule has 7 heteroatoms. The van der Waals surface area contributed by atoms with Gasteiger partial charge in [0.15, 0.2) is 0 Å². The highest BCUT2D eigenvalue weighted by molar-refractivity contribution is 6.07. The third-order valence-corrected chi connectivity index (χ3v) is 3.59. The van der Waals surface area contributed by atoms with E-state index in [2.05, 4.69) is 10.3 Å². The van der Waals surface area contributed by atoms with Crippen molar-refractivity contribution in [2.24, 2.45) is 0 Å². The van der Waals surface area contributed by atoms with Crippen LogP contribution in [0.3, 0.4) is 0 Å². The Morgan fingerprint density at radius 3 is 2.50 bits per heavy atom. The highest BCUT2D eigenvalue weighted by Gasteiger charge is 2.25. The van der Waals surface area contributed by atoms with Crippen molar-refractivity contribution in [3.05, 3.63) is 41.6 Å². The van der Waals surface area contributed by atoms with Crippen LogP contribution in [0, 0.1) is 0 Å². The number of carboxylic acids is 1. The number of fused-ring (bicyclic) bond motifs is 1. The number of halogens is 2. The summed E-state index contributed by atoms with van der Waals surface area (Å²) < 4.78 is 25.0. The summed E-state index contributed by atoms with van der Waals surface area (Å²) >= 11 is 0. The maximum absolute atomic E-state index is 12.5. The minimum Gasteiger partial charge on any atom is -0.480 e. The molecule has 128 valence electrons. The van der Waals surface area contributed by atoms with Crippen LogP contribution in [0.1, 0.15) is 42.2 Å². The van der Waals surface area contributed by atoms with E-state index in [0.29, 0.717) is 16.6 Å². The number of pyridine rings is 1. The smallest absolute Gasteiger partial charge is 0.326 e. The van der Waals surface area contributed by atoms with Gasteiger partial charge in [-0.25, -0.2) is 13.6 Å². The topological polar surface area (TPSA) is 79.3 Å². The summed E-state index contributed by atoms with van der Waals surface area (Å²) in [6.45, 7) is 3.82. The van der Waals surface area contributed by atoms with Crippen LogP contribution in [0.15, 0.2) is 30.3 Å².